The maximum absolute atomic E-state index is 15.1. The van der Waals surface area contributed by atoms with Crippen molar-refractivity contribution in [3.8, 4) is 18.1 Å². The molecule has 2 atom stereocenters. The Morgan fingerprint density at radius 1 is 1.16 bits per heavy atom. The largest absolute Gasteiger partial charge is 0.502 e. The van der Waals surface area contributed by atoms with Crippen molar-refractivity contribution in [2.75, 3.05) is 11.7 Å². The van der Waals surface area contributed by atoms with Gasteiger partial charge in [-0.2, -0.15) is 13.2 Å². The molecule has 1 N–H and O–H groups in total. The van der Waals surface area contributed by atoms with Gasteiger partial charge in [-0.1, -0.05) is 30.2 Å². The quantitative estimate of drug-likeness (QED) is 0.395. The SMILES string of the molecule is C#Cc1cccc2c1[C@H](N1CN([C@H](C)C(F)(F)F)C(=O)c3c(O)c(=O)ccn31)c1cccc(F)c1SC2. The van der Waals surface area contributed by atoms with E-state index in [1.165, 1.54) is 35.1 Å². The predicted octanol–water partition coefficient (Wildman–Crippen LogP) is 4.37. The number of carbonyl (C=O) groups is 1. The van der Waals surface area contributed by atoms with Gasteiger partial charge in [0, 0.05) is 34.0 Å². The summed E-state index contributed by atoms with van der Waals surface area (Å²) >= 11 is 1.23. The van der Waals surface area contributed by atoms with Crippen LogP contribution in [0.1, 0.15) is 45.7 Å². The summed E-state index contributed by atoms with van der Waals surface area (Å²) in [4.78, 5) is 26.3. The average Bonchev–Trinajstić information content (AvgIpc) is 3.03. The number of amides is 1. The van der Waals surface area contributed by atoms with Gasteiger partial charge in [0.1, 0.15) is 24.6 Å². The molecule has 0 unspecified atom stereocenters. The summed E-state index contributed by atoms with van der Waals surface area (Å²) in [5.41, 5.74) is 0.613. The molecule has 11 heteroatoms. The summed E-state index contributed by atoms with van der Waals surface area (Å²) in [7, 11) is 0. The summed E-state index contributed by atoms with van der Waals surface area (Å²) in [5, 5.41) is 11.9. The maximum atomic E-state index is 15.1. The molecule has 6 nitrogen and oxygen atoms in total. The Bertz CT molecular complexity index is 1530. The molecule has 2 aliphatic rings. The first kappa shape index (κ1) is 24.8. The third-order valence-electron chi connectivity index (χ3n) is 6.62. The molecular formula is C26H19F4N3O3S. The maximum Gasteiger partial charge on any atom is 0.408 e. The second-order valence-corrected chi connectivity index (χ2v) is 9.65. The molecule has 5 rings (SSSR count). The molecule has 1 amide bonds. The normalized spacial score (nSPS) is 17.8. The van der Waals surface area contributed by atoms with Crippen LogP contribution in [0.15, 0.2) is 58.4 Å². The van der Waals surface area contributed by atoms with Crippen molar-refractivity contribution in [2.24, 2.45) is 0 Å². The van der Waals surface area contributed by atoms with E-state index in [1.54, 1.807) is 24.3 Å². The van der Waals surface area contributed by atoms with E-state index in [0.29, 0.717) is 27.3 Å². The van der Waals surface area contributed by atoms with E-state index in [4.69, 9.17) is 6.42 Å². The molecule has 0 aliphatic carbocycles. The summed E-state index contributed by atoms with van der Waals surface area (Å²) in [6.07, 6.45) is 2.23. The number of benzene rings is 2. The van der Waals surface area contributed by atoms with Crippen LogP contribution in [0.2, 0.25) is 0 Å². The number of terminal acetylenes is 1. The molecule has 37 heavy (non-hydrogen) atoms. The monoisotopic (exact) mass is 529 g/mol. The number of hydrogen-bond acceptors (Lipinski definition) is 5. The van der Waals surface area contributed by atoms with Crippen molar-refractivity contribution in [1.29, 1.82) is 0 Å². The van der Waals surface area contributed by atoms with Gasteiger partial charge in [0.05, 0.1) is 0 Å². The summed E-state index contributed by atoms with van der Waals surface area (Å²) in [6, 6.07) is 7.44. The first-order valence-corrected chi connectivity index (χ1v) is 12.1. The van der Waals surface area contributed by atoms with Gasteiger partial charge in [-0.25, -0.2) is 4.39 Å². The highest BCUT2D eigenvalue weighted by Gasteiger charge is 2.48. The lowest BCUT2D eigenvalue weighted by atomic mass is 9.90. The van der Waals surface area contributed by atoms with E-state index in [-0.39, 0.29) is 4.90 Å². The van der Waals surface area contributed by atoms with Crippen LogP contribution in [0, 0.1) is 18.2 Å². The highest BCUT2D eigenvalue weighted by atomic mass is 32.2. The Kier molecular flexibility index (Phi) is 5.95. The Labute approximate surface area is 213 Å². The number of carbonyl (C=O) groups excluding carboxylic acids is 1. The third kappa shape index (κ3) is 3.92. The molecule has 0 saturated heterocycles. The molecule has 0 saturated carbocycles. The lowest BCUT2D eigenvalue weighted by Gasteiger charge is -2.46. The summed E-state index contributed by atoms with van der Waals surface area (Å²) < 4.78 is 57.7. The molecule has 0 fully saturated rings. The van der Waals surface area contributed by atoms with Gasteiger partial charge in [-0.3, -0.25) is 19.3 Å². The summed E-state index contributed by atoms with van der Waals surface area (Å²) in [5.74, 6) is 0.291. The highest BCUT2D eigenvalue weighted by Crippen LogP contribution is 2.45. The van der Waals surface area contributed by atoms with Crippen LogP contribution in [0.3, 0.4) is 0 Å². The fourth-order valence-electron chi connectivity index (χ4n) is 4.73. The number of hydrogen-bond donors (Lipinski definition) is 1. The fraction of sp³-hybridized carbons (Fsp3) is 0.231. The van der Waals surface area contributed by atoms with Gasteiger partial charge in [-0.05, 0) is 30.2 Å². The van der Waals surface area contributed by atoms with Gasteiger partial charge >= 0.3 is 6.18 Å². The van der Waals surface area contributed by atoms with Crippen LogP contribution >= 0.6 is 11.8 Å². The Morgan fingerprint density at radius 3 is 2.59 bits per heavy atom. The second kappa shape index (κ2) is 8.88. The number of alkyl halides is 3. The van der Waals surface area contributed by atoms with Crippen LogP contribution in [-0.2, 0) is 5.75 Å². The van der Waals surface area contributed by atoms with E-state index >= 15 is 4.39 Å². The van der Waals surface area contributed by atoms with Gasteiger partial charge in [0.15, 0.2) is 11.4 Å². The number of aromatic nitrogens is 1. The Hall–Kier alpha value is -3.91. The average molecular weight is 530 g/mol. The van der Waals surface area contributed by atoms with Crippen LogP contribution < -0.4 is 10.4 Å². The fourth-order valence-corrected chi connectivity index (χ4v) is 5.84. The minimum absolute atomic E-state index is 0.283. The lowest BCUT2D eigenvalue weighted by molar-refractivity contribution is -0.173. The second-order valence-electron chi connectivity index (χ2n) is 8.67. The minimum Gasteiger partial charge on any atom is -0.502 e. The van der Waals surface area contributed by atoms with Crippen LogP contribution in [0.4, 0.5) is 17.6 Å². The molecule has 0 spiro atoms. The van der Waals surface area contributed by atoms with E-state index in [0.717, 1.165) is 23.2 Å². The van der Waals surface area contributed by atoms with Crippen molar-refractivity contribution in [2.45, 2.75) is 35.8 Å². The number of halogens is 4. The van der Waals surface area contributed by atoms with Crippen molar-refractivity contribution >= 4 is 17.7 Å². The number of pyridine rings is 1. The standard InChI is InChI=1S/C26H19F4N3O3S/c1-3-15-6-4-7-16-12-37-24-17(8-5-9-18(24)27)21(20(15)16)33-13-31(14(2)26(28,29)30)25(36)22-23(35)19(34)10-11-32(22)33/h1,4-11,14,21,35H,12-13H2,2H3/t14-,21-/m1/s1. The molecule has 2 aliphatic heterocycles. The number of nitrogens with zero attached hydrogens (tertiary/aromatic N) is 3. The number of rotatable bonds is 2. The first-order chi connectivity index (χ1) is 17.5. The molecular weight excluding hydrogens is 510 g/mol. The third-order valence-corrected chi connectivity index (χ3v) is 7.79. The zero-order chi connectivity index (χ0) is 26.6. The Balaban J connectivity index is 1.84. The lowest BCUT2D eigenvalue weighted by Crippen LogP contribution is -2.60. The minimum atomic E-state index is -4.79. The molecule has 0 bridgehead atoms. The number of fused-ring (bicyclic) bond motifs is 3. The highest BCUT2D eigenvalue weighted by molar-refractivity contribution is 7.98. The molecule has 2 aromatic carbocycles. The summed E-state index contributed by atoms with van der Waals surface area (Å²) in [6.45, 7) is 0.236. The van der Waals surface area contributed by atoms with Crippen LogP contribution in [-0.4, -0.2) is 39.5 Å². The van der Waals surface area contributed by atoms with Crippen LogP contribution in [0.5, 0.6) is 5.75 Å². The van der Waals surface area contributed by atoms with Gasteiger partial charge < -0.3 is 10.0 Å². The van der Waals surface area contributed by atoms with Crippen molar-refractivity contribution < 1.29 is 27.5 Å². The zero-order valence-electron chi connectivity index (χ0n) is 19.3. The van der Waals surface area contributed by atoms with Crippen molar-refractivity contribution in [1.82, 2.24) is 9.58 Å². The van der Waals surface area contributed by atoms with Gasteiger partial charge in [-0.15, -0.1) is 18.2 Å². The number of aromatic hydroxyl groups is 1. The topological polar surface area (TPSA) is 65.8 Å². The zero-order valence-corrected chi connectivity index (χ0v) is 20.1. The molecule has 3 aromatic rings. The van der Waals surface area contributed by atoms with Crippen molar-refractivity contribution in [3.05, 3.63) is 92.6 Å². The molecule has 0 radical (unpaired) electrons. The molecule has 3 heterocycles. The van der Waals surface area contributed by atoms with E-state index in [9.17, 15) is 27.9 Å². The van der Waals surface area contributed by atoms with Crippen LogP contribution in [0.25, 0.3) is 0 Å². The smallest absolute Gasteiger partial charge is 0.408 e. The number of thioether (sulfide) groups is 1. The molecule has 190 valence electrons. The predicted molar refractivity (Wildman–Crippen MR) is 129 cm³/mol. The first-order valence-electron chi connectivity index (χ1n) is 11.1. The van der Waals surface area contributed by atoms with E-state index in [1.807, 2.05) is 0 Å². The van der Waals surface area contributed by atoms with E-state index < -0.39 is 53.5 Å². The van der Waals surface area contributed by atoms with E-state index in [2.05, 4.69) is 5.92 Å². The van der Waals surface area contributed by atoms with Gasteiger partial charge in [0.2, 0.25) is 5.43 Å². The Morgan fingerprint density at radius 2 is 1.89 bits per heavy atom. The van der Waals surface area contributed by atoms with Crippen molar-refractivity contribution in [3.63, 3.8) is 0 Å². The molecule has 1 aromatic heterocycles. The van der Waals surface area contributed by atoms with Gasteiger partial charge in [0.25, 0.3) is 5.91 Å².